The average molecular weight is 440 g/mol. The summed E-state index contributed by atoms with van der Waals surface area (Å²) in [6.07, 6.45) is -11.1. The molecular formula is C18H32O12. The molecular weight excluding hydrogens is 408 g/mol. The number of rotatable bonds is 7. The van der Waals surface area contributed by atoms with Gasteiger partial charge in [-0.2, -0.15) is 0 Å². The molecule has 3 rings (SSSR count). The van der Waals surface area contributed by atoms with Crippen molar-refractivity contribution in [3.8, 4) is 0 Å². The number of ether oxygens (including phenoxy) is 5. The van der Waals surface area contributed by atoms with Gasteiger partial charge in [-0.25, -0.2) is 0 Å². The van der Waals surface area contributed by atoms with Gasteiger partial charge in [0.05, 0.1) is 38.1 Å². The van der Waals surface area contributed by atoms with E-state index < -0.39 is 74.1 Å². The van der Waals surface area contributed by atoms with E-state index in [9.17, 15) is 35.7 Å². The molecule has 0 aromatic rings. The monoisotopic (exact) mass is 440 g/mol. The summed E-state index contributed by atoms with van der Waals surface area (Å²) in [6.45, 7) is -0.496. The van der Waals surface area contributed by atoms with Crippen LogP contribution in [0.15, 0.2) is 0 Å². The number of hydrogen-bond acceptors (Lipinski definition) is 12. The molecule has 0 aliphatic carbocycles. The van der Waals surface area contributed by atoms with Crippen LogP contribution in [0.1, 0.15) is 19.3 Å². The topological polar surface area (TPSA) is 188 Å². The van der Waals surface area contributed by atoms with Crippen LogP contribution in [0.4, 0.5) is 0 Å². The Kier molecular flexibility index (Phi) is 8.78. The van der Waals surface area contributed by atoms with E-state index in [0.717, 1.165) is 0 Å². The van der Waals surface area contributed by atoms with E-state index in [1.54, 1.807) is 0 Å². The second-order valence-electron chi connectivity index (χ2n) is 7.90. The van der Waals surface area contributed by atoms with Gasteiger partial charge < -0.3 is 59.4 Å². The van der Waals surface area contributed by atoms with Crippen molar-refractivity contribution in [2.24, 2.45) is 0 Å². The molecule has 176 valence electrons. The minimum Gasteiger partial charge on any atom is -0.394 e. The van der Waals surface area contributed by atoms with E-state index >= 15 is 0 Å². The standard InChI is InChI=1S/C18H32O12/c19-5-11-17(24)9(21)3-14(29-11)28-7-13-18(25)10(22)4-15(30-13)27-6-12-16(23)8(20)1-2-26-12/h8-25H,1-7H2/t8-,9-,10-,11-,12-,13-,14+,15+,16+,17+,18+/m1/s1. The predicted octanol–water partition coefficient (Wildman–Crippen LogP) is -3.80. The van der Waals surface area contributed by atoms with Crippen LogP contribution in [0.3, 0.4) is 0 Å². The fraction of sp³-hybridized carbons (Fsp3) is 1.00. The minimum atomic E-state index is -1.25. The van der Waals surface area contributed by atoms with E-state index in [-0.39, 0.29) is 32.7 Å². The van der Waals surface area contributed by atoms with E-state index in [1.165, 1.54) is 0 Å². The van der Waals surface area contributed by atoms with Gasteiger partial charge in [-0.1, -0.05) is 0 Å². The van der Waals surface area contributed by atoms with Crippen LogP contribution in [-0.4, -0.2) is 130 Å². The molecule has 0 unspecified atom stereocenters. The first kappa shape index (κ1) is 24.2. The number of hydrogen-bond donors (Lipinski definition) is 7. The van der Waals surface area contributed by atoms with E-state index in [1.807, 2.05) is 0 Å². The molecule has 0 amide bonds. The van der Waals surface area contributed by atoms with Crippen LogP contribution in [0.25, 0.3) is 0 Å². The highest BCUT2D eigenvalue weighted by molar-refractivity contribution is 4.86. The van der Waals surface area contributed by atoms with Crippen LogP contribution in [0, 0.1) is 0 Å². The summed E-state index contributed by atoms with van der Waals surface area (Å²) >= 11 is 0. The van der Waals surface area contributed by atoms with Crippen LogP contribution in [0.5, 0.6) is 0 Å². The molecule has 0 spiro atoms. The molecule has 7 N–H and O–H groups in total. The maximum absolute atomic E-state index is 10.2. The molecule has 0 aromatic heterocycles. The van der Waals surface area contributed by atoms with Crippen molar-refractivity contribution in [2.45, 2.75) is 86.8 Å². The Labute approximate surface area is 173 Å². The SMILES string of the molecule is OC[C@H]1O[C@H](OC[C@H]2O[C@H](OC[C@H]3OCC[C@@H](O)[C@@H]3O)C[C@@H](O)[C@@H]2O)C[C@@H](O)[C@@H]1O. The fourth-order valence-corrected chi connectivity index (χ4v) is 3.74. The molecule has 0 bridgehead atoms. The zero-order valence-electron chi connectivity index (χ0n) is 16.5. The lowest BCUT2D eigenvalue weighted by Crippen LogP contribution is -2.54. The van der Waals surface area contributed by atoms with E-state index in [4.69, 9.17) is 23.7 Å². The van der Waals surface area contributed by atoms with Gasteiger partial charge in [-0.15, -0.1) is 0 Å². The molecule has 3 fully saturated rings. The summed E-state index contributed by atoms with van der Waals surface area (Å²) in [7, 11) is 0. The molecule has 12 nitrogen and oxygen atoms in total. The second-order valence-corrected chi connectivity index (χ2v) is 7.90. The summed E-state index contributed by atoms with van der Waals surface area (Å²) in [5.41, 5.74) is 0. The number of aliphatic hydroxyl groups is 7. The highest BCUT2D eigenvalue weighted by Crippen LogP contribution is 2.26. The van der Waals surface area contributed by atoms with Crippen molar-refractivity contribution in [1.82, 2.24) is 0 Å². The Bertz CT molecular complexity index is 523. The van der Waals surface area contributed by atoms with Crippen molar-refractivity contribution in [1.29, 1.82) is 0 Å². The Hall–Kier alpha value is -0.480. The van der Waals surface area contributed by atoms with Gasteiger partial charge >= 0.3 is 0 Å². The maximum Gasteiger partial charge on any atom is 0.160 e. The van der Waals surface area contributed by atoms with Crippen molar-refractivity contribution in [3.63, 3.8) is 0 Å². The summed E-state index contributed by atoms with van der Waals surface area (Å²) in [6, 6.07) is 0. The van der Waals surface area contributed by atoms with Crippen molar-refractivity contribution < 1.29 is 59.4 Å². The normalized spacial score (nSPS) is 47.9. The van der Waals surface area contributed by atoms with Gasteiger partial charge in [0.15, 0.2) is 12.6 Å². The molecule has 30 heavy (non-hydrogen) atoms. The molecule has 0 saturated carbocycles. The Balaban J connectivity index is 1.48. The van der Waals surface area contributed by atoms with Gasteiger partial charge in [0.2, 0.25) is 0 Å². The molecule has 0 aromatic carbocycles. The summed E-state index contributed by atoms with van der Waals surface area (Å²) in [4.78, 5) is 0. The third kappa shape index (κ3) is 5.85. The largest absolute Gasteiger partial charge is 0.394 e. The van der Waals surface area contributed by atoms with E-state index in [0.29, 0.717) is 6.42 Å². The average Bonchev–Trinajstić information content (AvgIpc) is 2.72. The second kappa shape index (κ2) is 10.9. The van der Waals surface area contributed by atoms with Gasteiger partial charge in [0.1, 0.15) is 36.6 Å². The fourth-order valence-electron chi connectivity index (χ4n) is 3.74. The molecule has 3 aliphatic heterocycles. The van der Waals surface area contributed by atoms with Gasteiger partial charge in [0.25, 0.3) is 0 Å². The Morgan fingerprint density at radius 1 is 0.667 bits per heavy atom. The van der Waals surface area contributed by atoms with Crippen LogP contribution in [-0.2, 0) is 23.7 Å². The van der Waals surface area contributed by atoms with Crippen LogP contribution in [0.2, 0.25) is 0 Å². The zero-order chi connectivity index (χ0) is 21.8. The first-order valence-electron chi connectivity index (χ1n) is 10.1. The third-order valence-electron chi connectivity index (χ3n) is 5.66. The Morgan fingerprint density at radius 3 is 1.77 bits per heavy atom. The first-order chi connectivity index (χ1) is 14.3. The first-order valence-corrected chi connectivity index (χ1v) is 10.1. The molecule has 3 heterocycles. The highest BCUT2D eigenvalue weighted by atomic mass is 16.7. The highest BCUT2D eigenvalue weighted by Gasteiger charge is 2.41. The van der Waals surface area contributed by atoms with Crippen LogP contribution < -0.4 is 0 Å². The maximum atomic E-state index is 10.2. The van der Waals surface area contributed by atoms with E-state index in [2.05, 4.69) is 0 Å². The molecule has 3 aliphatic rings. The quantitative estimate of drug-likeness (QED) is 0.205. The van der Waals surface area contributed by atoms with Crippen molar-refractivity contribution in [3.05, 3.63) is 0 Å². The lowest BCUT2D eigenvalue weighted by molar-refractivity contribution is -0.296. The molecule has 12 heteroatoms. The summed E-state index contributed by atoms with van der Waals surface area (Å²) in [5.74, 6) is 0. The lowest BCUT2D eigenvalue weighted by atomic mass is 10.0. The Morgan fingerprint density at radius 2 is 1.17 bits per heavy atom. The van der Waals surface area contributed by atoms with Crippen LogP contribution >= 0.6 is 0 Å². The predicted molar refractivity (Wildman–Crippen MR) is 95.9 cm³/mol. The lowest BCUT2D eigenvalue weighted by Gasteiger charge is -2.40. The van der Waals surface area contributed by atoms with Crippen molar-refractivity contribution >= 4 is 0 Å². The molecule has 0 radical (unpaired) electrons. The molecule has 11 atom stereocenters. The zero-order valence-corrected chi connectivity index (χ0v) is 16.5. The molecule has 3 saturated heterocycles. The van der Waals surface area contributed by atoms with Gasteiger partial charge in [0, 0.05) is 19.4 Å². The van der Waals surface area contributed by atoms with Crippen molar-refractivity contribution in [2.75, 3.05) is 26.4 Å². The van der Waals surface area contributed by atoms with Gasteiger partial charge in [-0.05, 0) is 6.42 Å². The number of aliphatic hydroxyl groups excluding tert-OH is 7. The minimum absolute atomic E-state index is 0.0134. The summed E-state index contributed by atoms with van der Waals surface area (Å²) < 4.78 is 27.5. The third-order valence-corrected chi connectivity index (χ3v) is 5.66. The smallest absolute Gasteiger partial charge is 0.160 e. The summed E-state index contributed by atoms with van der Waals surface area (Å²) in [5, 5.41) is 68.8. The van der Waals surface area contributed by atoms with Gasteiger partial charge in [-0.3, -0.25) is 0 Å².